The number of para-hydroxylation sites is 1. The SMILES string of the molecule is CC(O)CCNC(=O)Oc1ccccc1. The third-order valence-electron chi connectivity index (χ3n) is 1.79. The molecule has 0 aliphatic rings. The van der Waals surface area contributed by atoms with Crippen LogP contribution in [-0.2, 0) is 0 Å². The number of hydrogen-bond acceptors (Lipinski definition) is 3. The van der Waals surface area contributed by atoms with E-state index in [-0.39, 0.29) is 0 Å². The van der Waals surface area contributed by atoms with Crippen LogP contribution in [0.15, 0.2) is 30.3 Å². The first-order chi connectivity index (χ1) is 7.18. The monoisotopic (exact) mass is 209 g/mol. The number of hydrogen-bond donors (Lipinski definition) is 2. The van der Waals surface area contributed by atoms with Gasteiger partial charge >= 0.3 is 6.09 Å². The first-order valence-corrected chi connectivity index (χ1v) is 4.87. The van der Waals surface area contributed by atoms with Crippen molar-refractivity contribution in [3.8, 4) is 5.75 Å². The maximum atomic E-state index is 11.2. The summed E-state index contributed by atoms with van der Waals surface area (Å²) >= 11 is 0. The molecule has 1 rings (SSSR count). The molecule has 1 atom stereocenters. The van der Waals surface area contributed by atoms with Gasteiger partial charge in [-0.2, -0.15) is 0 Å². The Labute approximate surface area is 88.9 Å². The molecule has 15 heavy (non-hydrogen) atoms. The second-order valence-corrected chi connectivity index (χ2v) is 3.27. The molecule has 82 valence electrons. The second kappa shape index (κ2) is 6.03. The number of rotatable bonds is 4. The van der Waals surface area contributed by atoms with E-state index < -0.39 is 12.2 Å². The standard InChI is InChI=1S/C11H15NO3/c1-9(13)7-8-12-11(14)15-10-5-3-2-4-6-10/h2-6,9,13H,7-8H2,1H3,(H,12,14). The van der Waals surface area contributed by atoms with E-state index in [1.807, 2.05) is 6.07 Å². The fourth-order valence-electron chi connectivity index (χ4n) is 1.01. The van der Waals surface area contributed by atoms with Crippen molar-refractivity contribution in [1.29, 1.82) is 0 Å². The van der Waals surface area contributed by atoms with Gasteiger partial charge in [-0.1, -0.05) is 18.2 Å². The molecule has 0 aromatic heterocycles. The summed E-state index contributed by atoms with van der Waals surface area (Å²) in [5.74, 6) is 0.507. The van der Waals surface area contributed by atoms with Gasteiger partial charge in [-0.25, -0.2) is 4.79 Å². The van der Waals surface area contributed by atoms with Gasteiger partial charge in [0.25, 0.3) is 0 Å². The highest BCUT2D eigenvalue weighted by molar-refractivity contribution is 5.70. The van der Waals surface area contributed by atoms with Crippen molar-refractivity contribution in [2.75, 3.05) is 6.54 Å². The number of amides is 1. The van der Waals surface area contributed by atoms with E-state index in [9.17, 15) is 4.79 Å². The van der Waals surface area contributed by atoms with Crippen LogP contribution >= 0.6 is 0 Å². The fraction of sp³-hybridized carbons (Fsp3) is 0.364. The number of benzene rings is 1. The van der Waals surface area contributed by atoms with E-state index in [4.69, 9.17) is 9.84 Å². The summed E-state index contributed by atoms with van der Waals surface area (Å²) in [6, 6.07) is 8.83. The Morgan fingerprint density at radius 1 is 1.47 bits per heavy atom. The predicted molar refractivity (Wildman–Crippen MR) is 56.8 cm³/mol. The van der Waals surface area contributed by atoms with E-state index in [1.165, 1.54) is 0 Å². The minimum Gasteiger partial charge on any atom is -0.410 e. The van der Waals surface area contributed by atoms with Gasteiger partial charge in [-0.3, -0.25) is 0 Å². The third-order valence-corrected chi connectivity index (χ3v) is 1.79. The fourth-order valence-corrected chi connectivity index (χ4v) is 1.01. The van der Waals surface area contributed by atoms with Crippen molar-refractivity contribution in [3.05, 3.63) is 30.3 Å². The Bertz CT molecular complexity index is 298. The van der Waals surface area contributed by atoms with Gasteiger partial charge in [0.15, 0.2) is 0 Å². The quantitative estimate of drug-likeness (QED) is 0.790. The molecule has 0 heterocycles. The lowest BCUT2D eigenvalue weighted by Gasteiger charge is -2.07. The van der Waals surface area contributed by atoms with Gasteiger partial charge < -0.3 is 15.2 Å². The van der Waals surface area contributed by atoms with E-state index in [0.29, 0.717) is 18.7 Å². The minimum atomic E-state index is -0.498. The molecule has 0 fully saturated rings. The van der Waals surface area contributed by atoms with Crippen molar-refractivity contribution < 1.29 is 14.6 Å². The van der Waals surface area contributed by atoms with Crippen LogP contribution in [0.25, 0.3) is 0 Å². The molecule has 4 heteroatoms. The highest BCUT2D eigenvalue weighted by Gasteiger charge is 2.03. The molecule has 1 unspecified atom stereocenters. The average molecular weight is 209 g/mol. The number of aliphatic hydroxyl groups excluding tert-OH is 1. The van der Waals surface area contributed by atoms with Gasteiger partial charge in [0.1, 0.15) is 5.75 Å². The second-order valence-electron chi connectivity index (χ2n) is 3.27. The normalized spacial score (nSPS) is 11.9. The summed E-state index contributed by atoms with van der Waals surface area (Å²) in [6.07, 6.45) is -0.395. The number of ether oxygens (including phenoxy) is 1. The zero-order valence-corrected chi connectivity index (χ0v) is 8.64. The lowest BCUT2D eigenvalue weighted by atomic mass is 10.3. The van der Waals surface area contributed by atoms with Crippen molar-refractivity contribution in [2.45, 2.75) is 19.4 Å². The summed E-state index contributed by atoms with van der Waals surface area (Å²) in [5, 5.41) is 11.5. The number of carbonyl (C=O) groups is 1. The van der Waals surface area contributed by atoms with Crippen LogP contribution < -0.4 is 10.1 Å². The molecule has 0 bridgehead atoms. The molecule has 2 N–H and O–H groups in total. The Kier molecular flexibility index (Phi) is 4.63. The summed E-state index contributed by atoms with van der Waals surface area (Å²) in [4.78, 5) is 11.2. The summed E-state index contributed by atoms with van der Waals surface area (Å²) in [7, 11) is 0. The van der Waals surface area contributed by atoms with Crippen molar-refractivity contribution in [3.63, 3.8) is 0 Å². The zero-order valence-electron chi connectivity index (χ0n) is 8.64. The van der Waals surface area contributed by atoms with Gasteiger partial charge in [0.2, 0.25) is 0 Å². The van der Waals surface area contributed by atoms with Gasteiger partial charge in [0, 0.05) is 6.54 Å². The van der Waals surface area contributed by atoms with Crippen LogP contribution in [0.3, 0.4) is 0 Å². The minimum absolute atomic E-state index is 0.406. The highest BCUT2D eigenvalue weighted by Crippen LogP contribution is 2.07. The number of aliphatic hydroxyl groups is 1. The molecule has 0 aliphatic heterocycles. The van der Waals surface area contributed by atoms with Crippen molar-refractivity contribution in [2.24, 2.45) is 0 Å². The third kappa shape index (κ3) is 5.02. The maximum absolute atomic E-state index is 11.2. The Balaban J connectivity index is 2.25. The number of nitrogens with one attached hydrogen (secondary N) is 1. The summed E-state index contributed by atoms with van der Waals surface area (Å²) in [6.45, 7) is 2.08. The predicted octanol–water partition coefficient (Wildman–Crippen LogP) is 1.55. The van der Waals surface area contributed by atoms with E-state index in [0.717, 1.165) is 0 Å². The molecule has 0 spiro atoms. The van der Waals surface area contributed by atoms with Crippen LogP contribution in [0.1, 0.15) is 13.3 Å². The average Bonchev–Trinajstić information content (AvgIpc) is 2.18. The maximum Gasteiger partial charge on any atom is 0.412 e. The van der Waals surface area contributed by atoms with E-state index >= 15 is 0 Å². The summed E-state index contributed by atoms with van der Waals surface area (Å²) in [5.41, 5.74) is 0. The molecule has 0 saturated heterocycles. The molecule has 0 aliphatic carbocycles. The largest absolute Gasteiger partial charge is 0.412 e. The molecule has 0 radical (unpaired) electrons. The van der Waals surface area contributed by atoms with Crippen molar-refractivity contribution >= 4 is 6.09 Å². The van der Waals surface area contributed by atoms with Gasteiger partial charge in [-0.15, -0.1) is 0 Å². The van der Waals surface area contributed by atoms with Crippen LogP contribution in [0.5, 0.6) is 5.75 Å². The summed E-state index contributed by atoms with van der Waals surface area (Å²) < 4.78 is 4.96. The molecular weight excluding hydrogens is 194 g/mol. The smallest absolute Gasteiger partial charge is 0.410 e. The van der Waals surface area contributed by atoms with Crippen LogP contribution in [0.4, 0.5) is 4.79 Å². The van der Waals surface area contributed by atoms with E-state index in [2.05, 4.69) is 5.32 Å². The molecule has 0 saturated carbocycles. The van der Waals surface area contributed by atoms with Crippen LogP contribution in [0, 0.1) is 0 Å². The highest BCUT2D eigenvalue weighted by atomic mass is 16.6. The Morgan fingerprint density at radius 3 is 2.73 bits per heavy atom. The lowest BCUT2D eigenvalue weighted by Crippen LogP contribution is -2.29. The van der Waals surface area contributed by atoms with E-state index in [1.54, 1.807) is 31.2 Å². The molecule has 1 aromatic rings. The van der Waals surface area contributed by atoms with Gasteiger partial charge in [-0.05, 0) is 25.5 Å². The molecule has 1 aromatic carbocycles. The lowest BCUT2D eigenvalue weighted by molar-refractivity contribution is 0.177. The molecular formula is C11H15NO3. The van der Waals surface area contributed by atoms with Crippen molar-refractivity contribution in [1.82, 2.24) is 5.32 Å². The first-order valence-electron chi connectivity index (χ1n) is 4.87. The Morgan fingerprint density at radius 2 is 2.13 bits per heavy atom. The Hall–Kier alpha value is -1.55. The van der Waals surface area contributed by atoms with Crippen LogP contribution in [-0.4, -0.2) is 23.8 Å². The zero-order chi connectivity index (χ0) is 11.1. The number of carbonyl (C=O) groups excluding carboxylic acids is 1. The first kappa shape index (κ1) is 11.5. The molecule has 1 amide bonds. The van der Waals surface area contributed by atoms with Crippen LogP contribution in [0.2, 0.25) is 0 Å². The topological polar surface area (TPSA) is 58.6 Å². The molecule has 4 nitrogen and oxygen atoms in total. The van der Waals surface area contributed by atoms with Gasteiger partial charge in [0.05, 0.1) is 6.10 Å².